The van der Waals surface area contributed by atoms with Gasteiger partial charge in [-0.15, -0.1) is 6.58 Å². The second kappa shape index (κ2) is 4.45. The van der Waals surface area contributed by atoms with Gasteiger partial charge in [0.1, 0.15) is 5.76 Å². The van der Waals surface area contributed by atoms with Crippen molar-refractivity contribution in [3.8, 4) is 0 Å². The van der Waals surface area contributed by atoms with E-state index in [0.29, 0.717) is 18.8 Å². The molecule has 0 aliphatic rings. The van der Waals surface area contributed by atoms with Gasteiger partial charge in [-0.3, -0.25) is 0 Å². The molecule has 0 aliphatic heterocycles. The normalized spacial score (nSPS) is 9.62. The van der Waals surface area contributed by atoms with Crippen LogP contribution in [0.15, 0.2) is 23.5 Å². The molecule has 0 N–H and O–H groups in total. The molecule has 0 aromatic carbocycles. The van der Waals surface area contributed by atoms with Gasteiger partial charge in [-0.05, 0) is 6.92 Å². The van der Waals surface area contributed by atoms with Crippen LogP contribution in [-0.4, -0.2) is 17.6 Å². The number of carbonyl (C=O) groups excluding carboxylic acids is 1. The highest BCUT2D eigenvalue weighted by Gasteiger charge is 2.16. The van der Waals surface area contributed by atoms with Crippen molar-refractivity contribution in [2.24, 2.45) is 0 Å². The average Bonchev–Trinajstić information content (AvgIpc) is 2.54. The molecule has 0 unspecified atom stereocenters. The van der Waals surface area contributed by atoms with Crippen LogP contribution in [0.25, 0.3) is 0 Å². The van der Waals surface area contributed by atoms with Crippen LogP contribution in [0.3, 0.4) is 0 Å². The summed E-state index contributed by atoms with van der Waals surface area (Å²) in [5, 5.41) is 0. The first-order valence-corrected chi connectivity index (χ1v) is 4.00. The Hall–Kier alpha value is -1.58. The number of hydrogen-bond donors (Lipinski definition) is 0. The van der Waals surface area contributed by atoms with E-state index >= 15 is 0 Å². The van der Waals surface area contributed by atoms with Crippen LogP contribution in [0.4, 0.5) is 0 Å². The number of allylic oxidation sites excluding steroid dienone is 1. The lowest BCUT2D eigenvalue weighted by molar-refractivity contribution is 0.0518. The average molecular weight is 181 g/mol. The zero-order valence-electron chi connectivity index (χ0n) is 7.45. The van der Waals surface area contributed by atoms with Crippen LogP contribution < -0.4 is 0 Å². The third-order valence-electron chi connectivity index (χ3n) is 1.44. The lowest BCUT2D eigenvalue weighted by Crippen LogP contribution is -2.07. The van der Waals surface area contributed by atoms with Crippen molar-refractivity contribution < 1.29 is 13.9 Å². The minimum absolute atomic E-state index is 0.238. The topological polar surface area (TPSA) is 52.3 Å². The van der Waals surface area contributed by atoms with Gasteiger partial charge in [0.2, 0.25) is 0 Å². The molecular formula is C9H11NO3. The van der Waals surface area contributed by atoms with Crippen LogP contribution >= 0.6 is 0 Å². The van der Waals surface area contributed by atoms with Gasteiger partial charge in [0.05, 0.1) is 6.61 Å². The zero-order valence-corrected chi connectivity index (χ0v) is 7.45. The molecule has 0 fully saturated rings. The van der Waals surface area contributed by atoms with Crippen LogP contribution in [0.2, 0.25) is 0 Å². The summed E-state index contributed by atoms with van der Waals surface area (Å²) < 4.78 is 9.77. The summed E-state index contributed by atoms with van der Waals surface area (Å²) >= 11 is 0. The van der Waals surface area contributed by atoms with Crippen molar-refractivity contribution in [1.29, 1.82) is 0 Å². The van der Waals surface area contributed by atoms with Gasteiger partial charge in [0.25, 0.3) is 0 Å². The van der Waals surface area contributed by atoms with E-state index in [1.165, 1.54) is 6.39 Å². The molecule has 0 saturated carbocycles. The van der Waals surface area contributed by atoms with E-state index in [0.717, 1.165) is 0 Å². The number of oxazole rings is 1. The number of nitrogens with zero attached hydrogens (tertiary/aromatic N) is 1. The second-order valence-corrected chi connectivity index (χ2v) is 2.34. The Morgan fingerprint density at radius 1 is 1.85 bits per heavy atom. The predicted molar refractivity (Wildman–Crippen MR) is 46.4 cm³/mol. The highest BCUT2D eigenvalue weighted by atomic mass is 16.5. The Kier molecular flexibility index (Phi) is 3.25. The monoisotopic (exact) mass is 181 g/mol. The third-order valence-corrected chi connectivity index (χ3v) is 1.44. The van der Waals surface area contributed by atoms with Crippen molar-refractivity contribution in [2.75, 3.05) is 6.61 Å². The molecule has 0 spiro atoms. The number of aromatic nitrogens is 1. The molecule has 0 radical (unpaired) electrons. The number of carbonyl (C=O) groups is 1. The van der Waals surface area contributed by atoms with E-state index in [-0.39, 0.29) is 5.69 Å². The van der Waals surface area contributed by atoms with Gasteiger partial charge in [-0.1, -0.05) is 6.08 Å². The Balaban J connectivity index is 2.80. The lowest BCUT2D eigenvalue weighted by atomic mass is 10.2. The summed E-state index contributed by atoms with van der Waals surface area (Å²) in [6.07, 6.45) is 3.35. The maximum absolute atomic E-state index is 11.2. The van der Waals surface area contributed by atoms with Gasteiger partial charge in [-0.2, -0.15) is 0 Å². The number of ether oxygens (including phenoxy) is 1. The van der Waals surface area contributed by atoms with Crippen LogP contribution in [0.5, 0.6) is 0 Å². The van der Waals surface area contributed by atoms with E-state index in [1.807, 2.05) is 0 Å². The third kappa shape index (κ3) is 2.18. The van der Waals surface area contributed by atoms with Crippen molar-refractivity contribution in [3.05, 3.63) is 30.5 Å². The highest BCUT2D eigenvalue weighted by Crippen LogP contribution is 2.09. The highest BCUT2D eigenvalue weighted by molar-refractivity contribution is 5.88. The largest absolute Gasteiger partial charge is 0.461 e. The second-order valence-electron chi connectivity index (χ2n) is 2.34. The number of hydrogen-bond acceptors (Lipinski definition) is 4. The Morgan fingerprint density at radius 3 is 3.23 bits per heavy atom. The number of esters is 1. The first kappa shape index (κ1) is 9.51. The Labute approximate surface area is 76.2 Å². The molecule has 1 aromatic rings. The Morgan fingerprint density at radius 2 is 2.62 bits per heavy atom. The summed E-state index contributed by atoms with van der Waals surface area (Å²) in [4.78, 5) is 15.0. The molecule has 4 heteroatoms. The van der Waals surface area contributed by atoms with E-state index < -0.39 is 5.97 Å². The fraction of sp³-hybridized carbons (Fsp3) is 0.333. The van der Waals surface area contributed by atoms with Crippen molar-refractivity contribution in [2.45, 2.75) is 13.3 Å². The molecule has 0 amide bonds. The summed E-state index contributed by atoms with van der Waals surface area (Å²) in [7, 11) is 0. The molecule has 0 saturated heterocycles. The van der Waals surface area contributed by atoms with E-state index in [1.54, 1.807) is 13.0 Å². The quantitative estimate of drug-likeness (QED) is 0.522. The molecule has 0 bridgehead atoms. The lowest BCUT2D eigenvalue weighted by Gasteiger charge is -1.98. The first-order chi connectivity index (χ1) is 6.29. The molecule has 1 heterocycles. The fourth-order valence-corrected chi connectivity index (χ4v) is 0.912. The molecule has 1 rings (SSSR count). The molecule has 1 aromatic heterocycles. The molecule has 13 heavy (non-hydrogen) atoms. The van der Waals surface area contributed by atoms with Crippen molar-refractivity contribution >= 4 is 5.97 Å². The van der Waals surface area contributed by atoms with Gasteiger partial charge >= 0.3 is 5.97 Å². The molecule has 70 valence electrons. The molecular weight excluding hydrogens is 170 g/mol. The molecule has 0 atom stereocenters. The van der Waals surface area contributed by atoms with Gasteiger partial charge in [-0.25, -0.2) is 9.78 Å². The molecule has 4 nitrogen and oxygen atoms in total. The summed E-state index contributed by atoms with van der Waals surface area (Å²) in [6, 6.07) is 0. The van der Waals surface area contributed by atoms with Gasteiger partial charge in [0.15, 0.2) is 12.1 Å². The van der Waals surface area contributed by atoms with E-state index in [2.05, 4.69) is 11.6 Å². The molecule has 0 aliphatic carbocycles. The van der Waals surface area contributed by atoms with Crippen molar-refractivity contribution in [1.82, 2.24) is 4.98 Å². The van der Waals surface area contributed by atoms with Gasteiger partial charge < -0.3 is 9.15 Å². The van der Waals surface area contributed by atoms with Crippen LogP contribution in [0.1, 0.15) is 23.2 Å². The van der Waals surface area contributed by atoms with Crippen LogP contribution in [0, 0.1) is 0 Å². The van der Waals surface area contributed by atoms with Gasteiger partial charge in [0, 0.05) is 6.42 Å². The SMILES string of the molecule is C=CCc1ocnc1C(=O)OCC. The standard InChI is InChI=1S/C9H11NO3/c1-3-5-7-8(10-6-13-7)9(11)12-4-2/h3,6H,1,4-5H2,2H3. The minimum atomic E-state index is -0.451. The van der Waals surface area contributed by atoms with Crippen LogP contribution in [-0.2, 0) is 11.2 Å². The predicted octanol–water partition coefficient (Wildman–Crippen LogP) is 1.58. The number of rotatable bonds is 4. The summed E-state index contributed by atoms with van der Waals surface area (Å²) in [5.74, 6) is 0.0431. The van der Waals surface area contributed by atoms with E-state index in [9.17, 15) is 4.79 Å². The van der Waals surface area contributed by atoms with Crippen molar-refractivity contribution in [3.63, 3.8) is 0 Å². The summed E-state index contributed by atoms with van der Waals surface area (Å²) in [6.45, 7) is 5.62. The fourth-order valence-electron chi connectivity index (χ4n) is 0.912. The maximum atomic E-state index is 11.2. The minimum Gasteiger partial charge on any atom is -0.461 e. The Bertz CT molecular complexity index is 304. The summed E-state index contributed by atoms with van der Waals surface area (Å²) in [5.41, 5.74) is 0.238. The smallest absolute Gasteiger partial charge is 0.360 e. The zero-order chi connectivity index (χ0) is 9.68. The maximum Gasteiger partial charge on any atom is 0.360 e. The first-order valence-electron chi connectivity index (χ1n) is 4.00. The van der Waals surface area contributed by atoms with E-state index in [4.69, 9.17) is 9.15 Å².